The molecule has 6 aromatic rings. The lowest BCUT2D eigenvalue weighted by molar-refractivity contribution is -0.275. The van der Waals surface area contributed by atoms with Crippen molar-refractivity contribution in [2.75, 3.05) is 0 Å². The van der Waals surface area contributed by atoms with Crippen molar-refractivity contribution < 1.29 is 55.0 Å². The van der Waals surface area contributed by atoms with Gasteiger partial charge >= 0.3 is 12.7 Å². The van der Waals surface area contributed by atoms with E-state index in [0.717, 1.165) is 11.0 Å². The number of ether oxygens (including phenoxy) is 4. The molecular weight excluding hydrogens is 726 g/mol. The summed E-state index contributed by atoms with van der Waals surface area (Å²) < 4.78 is 96.1. The summed E-state index contributed by atoms with van der Waals surface area (Å²) in [5.74, 6) is 0.821. The van der Waals surface area contributed by atoms with Gasteiger partial charge in [-0.25, -0.2) is 9.03 Å². The fourth-order valence-corrected chi connectivity index (χ4v) is 5.62. The third-order valence-corrected chi connectivity index (χ3v) is 8.21. The van der Waals surface area contributed by atoms with E-state index in [1.165, 1.54) is 48.5 Å². The molecule has 0 N–H and O–H groups in total. The highest BCUT2D eigenvalue weighted by molar-refractivity contribution is 5.81. The molecule has 0 unspecified atom stereocenters. The maximum Gasteiger partial charge on any atom is 0.573 e. The third-order valence-electron chi connectivity index (χ3n) is 8.21. The number of rotatable bonds is 6. The molecule has 0 bridgehead atoms. The molecule has 0 radical (unpaired) electrons. The van der Waals surface area contributed by atoms with Crippen molar-refractivity contribution in [2.45, 2.75) is 50.6 Å². The van der Waals surface area contributed by atoms with Crippen molar-refractivity contribution in [3.8, 4) is 23.3 Å². The molecule has 2 atom stereocenters. The number of aromatic nitrogens is 4. The van der Waals surface area contributed by atoms with E-state index in [1.807, 2.05) is 36.4 Å². The number of nitrogens with zero attached hydrogens (tertiary/aromatic N) is 6. The second-order valence-electron chi connectivity index (χ2n) is 12.4. The van der Waals surface area contributed by atoms with Gasteiger partial charge in [0.1, 0.15) is 11.5 Å². The first-order valence-corrected chi connectivity index (χ1v) is 16.1. The van der Waals surface area contributed by atoms with Gasteiger partial charge in [-0.3, -0.25) is 0 Å². The smallest absolute Gasteiger partial charge is 0.420 e. The van der Waals surface area contributed by atoms with E-state index in [1.54, 1.807) is 47.4 Å². The first-order chi connectivity index (χ1) is 25.6. The zero-order valence-corrected chi connectivity index (χ0v) is 28.2. The topological polar surface area (TPSA) is 115 Å². The molecule has 0 saturated carbocycles. The monoisotopic (exact) mass is 754 g/mol. The Morgan fingerprint density at radius 3 is 1.31 bits per heavy atom. The maximum atomic E-state index is 12.3. The standard InChI is InChI=1S/2C18H14F3N3O3/c2*1-17(12-5-7-14(8-6-12)26-18(19,20)21)11-16(23-27-17)25-15-10-13-4-2-3-9-24(13)22-15/h2*2-10H,11H2,1H3/t2*17-/m10/s1. The van der Waals surface area contributed by atoms with Crippen molar-refractivity contribution in [1.29, 1.82) is 0 Å². The summed E-state index contributed by atoms with van der Waals surface area (Å²) >= 11 is 0. The Morgan fingerprint density at radius 2 is 0.963 bits per heavy atom. The van der Waals surface area contributed by atoms with Crippen molar-refractivity contribution in [3.63, 3.8) is 0 Å². The lowest BCUT2D eigenvalue weighted by Gasteiger charge is -2.21. The van der Waals surface area contributed by atoms with Crippen molar-refractivity contribution in [1.82, 2.24) is 19.2 Å². The molecule has 18 heteroatoms. The number of hydrogen-bond donors (Lipinski definition) is 0. The number of halogens is 6. The fourth-order valence-electron chi connectivity index (χ4n) is 5.62. The highest BCUT2D eigenvalue weighted by Gasteiger charge is 2.40. The minimum atomic E-state index is -4.73. The third kappa shape index (κ3) is 8.43. The van der Waals surface area contributed by atoms with Crippen LogP contribution in [-0.2, 0) is 20.9 Å². The summed E-state index contributed by atoms with van der Waals surface area (Å²) in [7, 11) is 0. The molecule has 2 aliphatic heterocycles. The van der Waals surface area contributed by atoms with E-state index < -0.39 is 23.9 Å². The molecule has 2 aliphatic rings. The minimum absolute atomic E-state index is 0.296. The van der Waals surface area contributed by atoms with Crippen LogP contribution in [0.3, 0.4) is 0 Å². The number of hydrogen-bond acceptors (Lipinski definition) is 10. The van der Waals surface area contributed by atoms with Crippen LogP contribution in [-0.4, -0.2) is 43.7 Å². The van der Waals surface area contributed by atoms with E-state index in [9.17, 15) is 26.3 Å². The predicted octanol–water partition coefficient (Wildman–Crippen LogP) is 8.52. The Bertz CT molecular complexity index is 2090. The summed E-state index contributed by atoms with van der Waals surface area (Å²) in [5, 5.41) is 16.4. The summed E-state index contributed by atoms with van der Waals surface area (Å²) in [6.45, 7) is 3.55. The Hall–Kier alpha value is -6.46. The van der Waals surface area contributed by atoms with E-state index >= 15 is 0 Å². The van der Waals surface area contributed by atoms with E-state index in [0.29, 0.717) is 47.5 Å². The number of pyridine rings is 2. The first-order valence-electron chi connectivity index (χ1n) is 16.1. The summed E-state index contributed by atoms with van der Waals surface area (Å²) in [4.78, 5) is 11.0. The Labute approximate surface area is 301 Å². The molecule has 54 heavy (non-hydrogen) atoms. The summed E-state index contributed by atoms with van der Waals surface area (Å²) in [6, 6.07) is 25.7. The van der Waals surface area contributed by atoms with Gasteiger partial charge in [-0.1, -0.05) is 46.7 Å². The van der Waals surface area contributed by atoms with Crippen LogP contribution in [0.1, 0.15) is 37.8 Å². The lowest BCUT2D eigenvalue weighted by atomic mass is 9.93. The Morgan fingerprint density at radius 1 is 0.574 bits per heavy atom. The molecular formula is C36H28F6N6O6. The van der Waals surface area contributed by atoms with Gasteiger partial charge in [0, 0.05) is 24.5 Å². The number of fused-ring (bicyclic) bond motifs is 2. The van der Waals surface area contributed by atoms with Gasteiger partial charge < -0.3 is 28.6 Å². The summed E-state index contributed by atoms with van der Waals surface area (Å²) in [5.41, 5.74) is 1.32. The van der Waals surface area contributed by atoms with Crippen LogP contribution in [0.4, 0.5) is 26.3 Å². The largest absolute Gasteiger partial charge is 0.573 e. The van der Waals surface area contributed by atoms with Gasteiger partial charge in [0.25, 0.3) is 0 Å². The number of oxime groups is 2. The lowest BCUT2D eigenvalue weighted by Crippen LogP contribution is -2.23. The molecule has 12 nitrogen and oxygen atoms in total. The molecule has 4 aromatic heterocycles. The van der Waals surface area contributed by atoms with E-state index in [2.05, 4.69) is 30.0 Å². The molecule has 0 amide bonds. The van der Waals surface area contributed by atoms with Crippen LogP contribution in [0.2, 0.25) is 0 Å². The molecule has 6 heterocycles. The molecule has 0 aliphatic carbocycles. The van der Waals surface area contributed by atoms with Crippen LogP contribution in [0.15, 0.2) is 120 Å². The SMILES string of the molecule is C[C@@]1(c2ccc(OC(F)(F)F)cc2)CC(Oc2cc3ccccn3n2)=NO1.C[C@]1(c2ccc(OC(F)(F)F)cc2)CC(Oc2cc3ccccn3n2)=NO1. The number of benzene rings is 2. The second-order valence-corrected chi connectivity index (χ2v) is 12.4. The highest BCUT2D eigenvalue weighted by Crippen LogP contribution is 2.38. The maximum absolute atomic E-state index is 12.3. The van der Waals surface area contributed by atoms with Gasteiger partial charge in [0.15, 0.2) is 11.2 Å². The quantitative estimate of drug-likeness (QED) is 0.156. The van der Waals surface area contributed by atoms with Crippen LogP contribution in [0.5, 0.6) is 23.3 Å². The summed E-state index contributed by atoms with van der Waals surface area (Å²) in [6.07, 6.45) is -5.25. The van der Waals surface area contributed by atoms with Crippen molar-refractivity contribution >= 4 is 22.8 Å². The van der Waals surface area contributed by atoms with Crippen LogP contribution in [0, 0.1) is 0 Å². The molecule has 0 saturated heterocycles. The molecule has 280 valence electrons. The van der Waals surface area contributed by atoms with Gasteiger partial charge in [0.05, 0.1) is 23.9 Å². The molecule has 2 aromatic carbocycles. The van der Waals surface area contributed by atoms with Crippen molar-refractivity contribution in [2.24, 2.45) is 10.3 Å². The zero-order chi connectivity index (χ0) is 38.1. The minimum Gasteiger partial charge on any atom is -0.420 e. The van der Waals surface area contributed by atoms with E-state index in [-0.39, 0.29) is 11.5 Å². The fraction of sp³-hybridized carbons (Fsp3) is 0.222. The Balaban J connectivity index is 0.000000167. The first kappa shape index (κ1) is 35.9. The van der Waals surface area contributed by atoms with Gasteiger partial charge in [-0.2, -0.15) is 0 Å². The molecule has 0 spiro atoms. The molecule has 8 rings (SSSR count). The second kappa shape index (κ2) is 13.8. The van der Waals surface area contributed by atoms with Crippen LogP contribution < -0.4 is 18.9 Å². The normalized spacial score (nSPS) is 19.6. The van der Waals surface area contributed by atoms with Gasteiger partial charge in [-0.15, -0.1) is 36.5 Å². The van der Waals surface area contributed by atoms with Crippen LogP contribution >= 0.6 is 0 Å². The zero-order valence-electron chi connectivity index (χ0n) is 28.2. The predicted molar refractivity (Wildman–Crippen MR) is 179 cm³/mol. The average Bonchev–Trinajstić information content (AvgIpc) is 3.90. The average molecular weight is 755 g/mol. The van der Waals surface area contributed by atoms with E-state index in [4.69, 9.17) is 19.1 Å². The van der Waals surface area contributed by atoms with Crippen LogP contribution in [0.25, 0.3) is 11.0 Å². The molecule has 0 fully saturated rings. The highest BCUT2D eigenvalue weighted by atomic mass is 19.4. The van der Waals surface area contributed by atoms with Crippen molar-refractivity contribution in [3.05, 3.63) is 121 Å². The van der Waals surface area contributed by atoms with Gasteiger partial charge in [-0.05, 0) is 73.5 Å². The van der Waals surface area contributed by atoms with Gasteiger partial charge in [0.2, 0.25) is 23.6 Å². The number of alkyl halides is 6. The Kier molecular flexibility index (Phi) is 9.20.